The Morgan fingerprint density at radius 2 is 2.00 bits per heavy atom. The number of hydrogen-bond donors (Lipinski definition) is 1. The number of rotatable bonds is 6. The highest BCUT2D eigenvalue weighted by Crippen LogP contribution is 2.22. The molecule has 7 heteroatoms. The number of nitrogens with zero attached hydrogens (tertiary/aromatic N) is 4. The van der Waals surface area contributed by atoms with Gasteiger partial charge in [-0.1, -0.05) is 13.8 Å². The van der Waals surface area contributed by atoms with E-state index in [-0.39, 0.29) is 0 Å². The normalized spacial score (nSPS) is 11.2. The van der Waals surface area contributed by atoms with Crippen molar-refractivity contribution in [2.24, 2.45) is 5.92 Å². The number of aromatic nitrogens is 4. The summed E-state index contributed by atoms with van der Waals surface area (Å²) in [6, 6.07) is 0. The van der Waals surface area contributed by atoms with Crippen molar-refractivity contribution in [2.75, 3.05) is 6.54 Å². The van der Waals surface area contributed by atoms with Gasteiger partial charge in [0.2, 0.25) is 5.89 Å². The van der Waals surface area contributed by atoms with Crippen LogP contribution in [0.25, 0.3) is 0 Å². The molecule has 1 N–H and O–H groups in total. The first-order chi connectivity index (χ1) is 9.13. The monoisotopic (exact) mass is 279 g/mol. The van der Waals surface area contributed by atoms with E-state index < -0.39 is 0 Å². The van der Waals surface area contributed by atoms with E-state index in [0.29, 0.717) is 22.2 Å². The molecule has 102 valence electrons. The van der Waals surface area contributed by atoms with Crippen LogP contribution in [0.2, 0.25) is 0 Å². The molecular weight excluding hydrogens is 262 g/mol. The second-order valence-electron chi connectivity index (χ2n) is 4.59. The molecule has 0 spiro atoms. The molecule has 0 radical (unpaired) electrons. The SMILES string of the molecule is Cc1nnc(Sc2ncc(CNCC(C)C)cn2)o1. The van der Waals surface area contributed by atoms with Gasteiger partial charge in [-0.2, -0.15) is 0 Å². The molecule has 0 bridgehead atoms. The van der Waals surface area contributed by atoms with E-state index in [9.17, 15) is 0 Å². The molecule has 0 saturated heterocycles. The third kappa shape index (κ3) is 4.60. The predicted molar refractivity (Wildman–Crippen MR) is 71.7 cm³/mol. The van der Waals surface area contributed by atoms with Crippen molar-refractivity contribution in [1.82, 2.24) is 25.5 Å². The molecule has 0 aliphatic heterocycles. The zero-order valence-corrected chi connectivity index (χ0v) is 12.1. The summed E-state index contributed by atoms with van der Waals surface area (Å²) in [4.78, 5) is 8.53. The molecule has 0 fully saturated rings. The minimum Gasteiger partial charge on any atom is -0.416 e. The van der Waals surface area contributed by atoms with E-state index in [0.717, 1.165) is 18.7 Å². The highest BCUT2D eigenvalue weighted by molar-refractivity contribution is 7.98. The van der Waals surface area contributed by atoms with Crippen LogP contribution < -0.4 is 5.32 Å². The Balaban J connectivity index is 1.87. The Kier molecular flexibility index (Phi) is 4.86. The predicted octanol–water partition coefficient (Wildman–Crippen LogP) is 2.06. The lowest BCUT2D eigenvalue weighted by Crippen LogP contribution is -2.19. The Labute approximate surface area is 116 Å². The van der Waals surface area contributed by atoms with Crippen molar-refractivity contribution < 1.29 is 4.42 Å². The zero-order chi connectivity index (χ0) is 13.7. The maximum atomic E-state index is 5.26. The van der Waals surface area contributed by atoms with Crippen LogP contribution in [0, 0.1) is 12.8 Å². The highest BCUT2D eigenvalue weighted by atomic mass is 32.2. The lowest BCUT2D eigenvalue weighted by atomic mass is 10.2. The number of nitrogens with one attached hydrogen (secondary N) is 1. The summed E-state index contributed by atoms with van der Waals surface area (Å²) >= 11 is 1.26. The van der Waals surface area contributed by atoms with Gasteiger partial charge < -0.3 is 9.73 Å². The molecule has 2 aromatic heterocycles. The molecule has 0 atom stereocenters. The van der Waals surface area contributed by atoms with Crippen LogP contribution in [0.15, 0.2) is 27.2 Å². The van der Waals surface area contributed by atoms with Crippen molar-refractivity contribution >= 4 is 11.8 Å². The Bertz CT molecular complexity index is 511. The van der Waals surface area contributed by atoms with Gasteiger partial charge in [-0.15, -0.1) is 10.2 Å². The van der Waals surface area contributed by atoms with Gasteiger partial charge in [-0.25, -0.2) is 9.97 Å². The Morgan fingerprint density at radius 3 is 2.58 bits per heavy atom. The van der Waals surface area contributed by atoms with Gasteiger partial charge in [-0.3, -0.25) is 0 Å². The maximum absolute atomic E-state index is 5.26. The van der Waals surface area contributed by atoms with Crippen molar-refractivity contribution in [3.63, 3.8) is 0 Å². The van der Waals surface area contributed by atoms with Gasteiger partial charge in [0.05, 0.1) is 0 Å². The molecule has 2 aromatic rings. The van der Waals surface area contributed by atoms with Crippen LogP contribution >= 0.6 is 11.8 Å². The highest BCUT2D eigenvalue weighted by Gasteiger charge is 2.07. The van der Waals surface area contributed by atoms with Crippen LogP contribution in [0.3, 0.4) is 0 Å². The van der Waals surface area contributed by atoms with Crippen LogP contribution in [0.5, 0.6) is 0 Å². The summed E-state index contributed by atoms with van der Waals surface area (Å²) in [6.45, 7) is 7.87. The molecular formula is C12H17N5OS. The van der Waals surface area contributed by atoms with Gasteiger partial charge in [0.25, 0.3) is 5.22 Å². The molecule has 0 aliphatic rings. The van der Waals surface area contributed by atoms with E-state index in [1.54, 1.807) is 6.92 Å². The number of aryl methyl sites for hydroxylation is 1. The first-order valence-electron chi connectivity index (χ1n) is 6.13. The smallest absolute Gasteiger partial charge is 0.284 e. The van der Waals surface area contributed by atoms with E-state index >= 15 is 0 Å². The van der Waals surface area contributed by atoms with Crippen LogP contribution in [-0.4, -0.2) is 26.7 Å². The van der Waals surface area contributed by atoms with E-state index in [4.69, 9.17) is 4.42 Å². The van der Waals surface area contributed by atoms with Gasteiger partial charge in [0.15, 0.2) is 5.16 Å². The Hall–Kier alpha value is -1.47. The molecule has 6 nitrogen and oxygen atoms in total. The molecule has 0 aliphatic carbocycles. The molecule has 0 saturated carbocycles. The first-order valence-corrected chi connectivity index (χ1v) is 6.94. The summed E-state index contributed by atoms with van der Waals surface area (Å²) < 4.78 is 5.26. The second-order valence-corrected chi connectivity index (χ2v) is 5.51. The third-order valence-corrected chi connectivity index (χ3v) is 2.98. The van der Waals surface area contributed by atoms with Crippen molar-refractivity contribution in [3.8, 4) is 0 Å². The van der Waals surface area contributed by atoms with Gasteiger partial charge in [-0.05, 0) is 12.5 Å². The third-order valence-electron chi connectivity index (χ3n) is 2.25. The van der Waals surface area contributed by atoms with E-state index in [1.165, 1.54) is 11.8 Å². The molecule has 0 amide bonds. The molecule has 2 rings (SSSR count). The molecule has 0 unspecified atom stereocenters. The van der Waals surface area contributed by atoms with Crippen molar-refractivity contribution in [2.45, 2.75) is 37.7 Å². The fourth-order valence-electron chi connectivity index (χ4n) is 1.39. The first kappa shape index (κ1) is 14.0. The largest absolute Gasteiger partial charge is 0.416 e. The summed E-state index contributed by atoms with van der Waals surface area (Å²) in [6.07, 6.45) is 3.62. The summed E-state index contributed by atoms with van der Waals surface area (Å²) in [5.41, 5.74) is 1.06. The molecule has 2 heterocycles. The minimum atomic E-state index is 0.461. The van der Waals surface area contributed by atoms with Gasteiger partial charge in [0, 0.05) is 43.2 Å². The van der Waals surface area contributed by atoms with Crippen LogP contribution in [-0.2, 0) is 6.54 Å². The fourth-order valence-corrected chi connectivity index (χ4v) is 2.00. The van der Waals surface area contributed by atoms with Crippen molar-refractivity contribution in [1.29, 1.82) is 0 Å². The van der Waals surface area contributed by atoms with Crippen LogP contribution in [0.4, 0.5) is 0 Å². The van der Waals surface area contributed by atoms with Crippen LogP contribution in [0.1, 0.15) is 25.3 Å². The topological polar surface area (TPSA) is 76.7 Å². The average molecular weight is 279 g/mol. The van der Waals surface area contributed by atoms with E-state index in [2.05, 4.69) is 39.3 Å². The molecule has 19 heavy (non-hydrogen) atoms. The second kappa shape index (κ2) is 6.63. The standard InChI is InChI=1S/C12H17N5OS/c1-8(2)4-13-5-10-6-14-11(15-7-10)19-12-17-16-9(3)18-12/h6-8,13H,4-5H2,1-3H3. The summed E-state index contributed by atoms with van der Waals surface area (Å²) in [7, 11) is 0. The molecule has 0 aromatic carbocycles. The minimum absolute atomic E-state index is 0.461. The van der Waals surface area contributed by atoms with Gasteiger partial charge >= 0.3 is 0 Å². The quantitative estimate of drug-likeness (QED) is 0.811. The maximum Gasteiger partial charge on any atom is 0.284 e. The average Bonchev–Trinajstić information content (AvgIpc) is 2.77. The summed E-state index contributed by atoms with van der Waals surface area (Å²) in [5.74, 6) is 1.17. The lowest BCUT2D eigenvalue weighted by Gasteiger charge is -2.06. The fraction of sp³-hybridized carbons (Fsp3) is 0.500. The Morgan fingerprint density at radius 1 is 1.26 bits per heavy atom. The zero-order valence-electron chi connectivity index (χ0n) is 11.3. The van der Waals surface area contributed by atoms with Crippen molar-refractivity contribution in [3.05, 3.63) is 23.8 Å². The number of hydrogen-bond acceptors (Lipinski definition) is 7. The van der Waals surface area contributed by atoms with E-state index in [1.807, 2.05) is 12.4 Å². The lowest BCUT2D eigenvalue weighted by molar-refractivity contribution is 0.429. The summed E-state index contributed by atoms with van der Waals surface area (Å²) in [5, 5.41) is 12.1. The van der Waals surface area contributed by atoms with Gasteiger partial charge in [0.1, 0.15) is 0 Å².